The number of furan rings is 1. The Kier molecular flexibility index (Phi) is 5.41. The van der Waals surface area contributed by atoms with Gasteiger partial charge in [0.05, 0.1) is 29.5 Å². The highest BCUT2D eigenvalue weighted by Gasteiger charge is 2.28. The minimum atomic E-state index is -4.41. The Bertz CT molecular complexity index is 980. The van der Waals surface area contributed by atoms with Crippen LogP contribution < -0.4 is 5.32 Å². The van der Waals surface area contributed by atoms with Gasteiger partial charge < -0.3 is 14.5 Å². The van der Waals surface area contributed by atoms with Crippen LogP contribution in [0.5, 0.6) is 0 Å². The number of carbonyl (C=O) groups is 1. The average Bonchev–Trinajstić information content (AvgIpc) is 3.22. The molecule has 1 amide bonds. The Balaban J connectivity index is 1.87. The second-order valence-corrected chi connectivity index (χ2v) is 6.44. The van der Waals surface area contributed by atoms with Crippen LogP contribution in [0.1, 0.15) is 23.0 Å². The number of carbonyl (C=O) groups excluding carboxylic acids is 1. The zero-order valence-electron chi connectivity index (χ0n) is 15.5. The maximum Gasteiger partial charge on any atom is 0.411 e. The smallest absolute Gasteiger partial charge is 0.411 e. The summed E-state index contributed by atoms with van der Waals surface area (Å²) in [6.45, 7) is 1.69. The number of nitrogens with zero attached hydrogens (tertiary/aromatic N) is 3. The van der Waals surface area contributed by atoms with E-state index in [1.807, 2.05) is 0 Å². The number of ether oxygens (including phenoxy) is 1. The van der Waals surface area contributed by atoms with Crippen LogP contribution >= 0.6 is 0 Å². The standard InChI is InChI=1S/C18H19F3N4O3/c1-10(8-27-9-18(19,20)21)22-17(26)12-7-13(14-5-4-6-28-14)23-16-15(12)11(2)24-25(16)3/h4-7,10H,8-9H2,1-3H3,(H,22,26). The summed E-state index contributed by atoms with van der Waals surface area (Å²) >= 11 is 0. The molecule has 0 radical (unpaired) electrons. The first-order valence-electron chi connectivity index (χ1n) is 8.49. The van der Waals surface area contributed by atoms with Crippen molar-refractivity contribution >= 4 is 16.9 Å². The molecular weight excluding hydrogens is 377 g/mol. The van der Waals surface area contributed by atoms with E-state index in [2.05, 4.69) is 20.1 Å². The molecule has 0 spiro atoms. The molecule has 0 saturated heterocycles. The van der Waals surface area contributed by atoms with Gasteiger partial charge in [-0.05, 0) is 32.0 Å². The first kappa shape index (κ1) is 19.9. The molecule has 0 aliphatic heterocycles. The van der Waals surface area contributed by atoms with E-state index < -0.39 is 24.7 Å². The van der Waals surface area contributed by atoms with E-state index in [0.717, 1.165) is 0 Å². The van der Waals surface area contributed by atoms with E-state index >= 15 is 0 Å². The van der Waals surface area contributed by atoms with Crippen molar-refractivity contribution in [1.29, 1.82) is 0 Å². The number of nitrogens with one attached hydrogen (secondary N) is 1. The molecule has 1 atom stereocenters. The molecule has 1 unspecified atom stereocenters. The number of amides is 1. The first-order chi connectivity index (χ1) is 13.2. The summed E-state index contributed by atoms with van der Waals surface area (Å²) in [7, 11) is 1.71. The molecule has 3 rings (SSSR count). The number of alkyl halides is 3. The summed E-state index contributed by atoms with van der Waals surface area (Å²) < 4.78 is 48.1. The number of fused-ring (bicyclic) bond motifs is 1. The molecule has 3 heterocycles. The summed E-state index contributed by atoms with van der Waals surface area (Å²) in [6, 6.07) is 4.37. The van der Waals surface area contributed by atoms with Gasteiger partial charge in [-0.2, -0.15) is 18.3 Å². The van der Waals surface area contributed by atoms with Crippen molar-refractivity contribution in [2.75, 3.05) is 13.2 Å². The van der Waals surface area contributed by atoms with Crippen LogP contribution in [0.3, 0.4) is 0 Å². The van der Waals surface area contributed by atoms with Crippen LogP contribution in [0.4, 0.5) is 13.2 Å². The third-order valence-electron chi connectivity index (χ3n) is 4.00. The fourth-order valence-electron chi connectivity index (χ4n) is 2.87. The Morgan fingerprint density at radius 3 is 2.82 bits per heavy atom. The third-order valence-corrected chi connectivity index (χ3v) is 4.00. The molecule has 0 fully saturated rings. The normalized spacial score (nSPS) is 13.1. The zero-order valence-corrected chi connectivity index (χ0v) is 15.5. The van der Waals surface area contributed by atoms with Crippen molar-refractivity contribution in [2.24, 2.45) is 7.05 Å². The van der Waals surface area contributed by atoms with Gasteiger partial charge in [-0.1, -0.05) is 0 Å². The van der Waals surface area contributed by atoms with Gasteiger partial charge in [-0.3, -0.25) is 9.48 Å². The summed E-state index contributed by atoms with van der Waals surface area (Å²) in [5.41, 5.74) is 1.87. The Morgan fingerprint density at radius 2 is 2.18 bits per heavy atom. The van der Waals surface area contributed by atoms with Crippen LogP contribution in [0.2, 0.25) is 0 Å². The fourth-order valence-corrected chi connectivity index (χ4v) is 2.87. The number of hydrogen-bond donors (Lipinski definition) is 1. The molecule has 1 N–H and O–H groups in total. The highest BCUT2D eigenvalue weighted by Crippen LogP contribution is 2.27. The van der Waals surface area contributed by atoms with E-state index in [4.69, 9.17) is 4.42 Å². The maximum absolute atomic E-state index is 12.8. The van der Waals surface area contributed by atoms with Gasteiger partial charge in [-0.15, -0.1) is 0 Å². The van der Waals surface area contributed by atoms with Crippen LogP contribution in [0.25, 0.3) is 22.5 Å². The number of hydrogen-bond acceptors (Lipinski definition) is 5. The Morgan fingerprint density at radius 1 is 1.43 bits per heavy atom. The molecule has 10 heteroatoms. The predicted octanol–water partition coefficient (Wildman–Crippen LogP) is 3.23. The molecule has 3 aromatic heterocycles. The quantitative estimate of drug-likeness (QED) is 0.692. The van der Waals surface area contributed by atoms with Crippen LogP contribution in [-0.4, -0.2) is 46.1 Å². The summed E-state index contributed by atoms with van der Waals surface area (Å²) in [6.07, 6.45) is -2.92. The lowest BCUT2D eigenvalue weighted by atomic mass is 10.1. The van der Waals surface area contributed by atoms with Crippen LogP contribution in [-0.2, 0) is 11.8 Å². The lowest BCUT2D eigenvalue weighted by molar-refractivity contribution is -0.174. The van der Waals surface area contributed by atoms with Gasteiger partial charge in [0.1, 0.15) is 12.3 Å². The van der Waals surface area contributed by atoms with Crippen molar-refractivity contribution in [2.45, 2.75) is 26.1 Å². The molecule has 7 nitrogen and oxygen atoms in total. The van der Waals surface area contributed by atoms with Gasteiger partial charge in [-0.25, -0.2) is 4.98 Å². The molecular formula is C18H19F3N4O3. The highest BCUT2D eigenvalue weighted by molar-refractivity contribution is 6.07. The first-order valence-corrected chi connectivity index (χ1v) is 8.49. The minimum Gasteiger partial charge on any atom is -0.463 e. The number of aryl methyl sites for hydroxylation is 2. The summed E-state index contributed by atoms with van der Waals surface area (Å²) in [5, 5.41) is 7.53. The van der Waals surface area contributed by atoms with Crippen LogP contribution in [0, 0.1) is 6.92 Å². The lowest BCUT2D eigenvalue weighted by Gasteiger charge is -2.16. The molecule has 0 saturated carbocycles. The van der Waals surface area contributed by atoms with E-state index in [1.54, 1.807) is 43.8 Å². The third kappa shape index (κ3) is 4.33. The second-order valence-electron chi connectivity index (χ2n) is 6.44. The van der Waals surface area contributed by atoms with Crippen molar-refractivity contribution in [3.8, 4) is 11.5 Å². The number of halogens is 3. The Labute approximate surface area is 158 Å². The highest BCUT2D eigenvalue weighted by atomic mass is 19.4. The van der Waals surface area contributed by atoms with Crippen molar-refractivity contribution in [1.82, 2.24) is 20.1 Å². The van der Waals surface area contributed by atoms with E-state index in [1.165, 1.54) is 6.26 Å². The predicted molar refractivity (Wildman–Crippen MR) is 94.8 cm³/mol. The topological polar surface area (TPSA) is 82.2 Å². The zero-order chi connectivity index (χ0) is 20.5. The SMILES string of the molecule is Cc1nn(C)c2nc(-c3ccco3)cc(C(=O)NC(C)COCC(F)(F)F)c12. The van der Waals surface area contributed by atoms with Crippen molar-refractivity contribution < 1.29 is 27.1 Å². The van der Waals surface area contributed by atoms with Crippen molar-refractivity contribution in [3.05, 3.63) is 35.7 Å². The molecule has 28 heavy (non-hydrogen) atoms. The van der Waals surface area contributed by atoms with Gasteiger partial charge in [0, 0.05) is 13.1 Å². The van der Waals surface area contributed by atoms with E-state index in [9.17, 15) is 18.0 Å². The molecule has 0 aromatic carbocycles. The van der Waals surface area contributed by atoms with Crippen LogP contribution in [0.15, 0.2) is 28.9 Å². The monoisotopic (exact) mass is 396 g/mol. The molecule has 0 aliphatic carbocycles. The number of pyridine rings is 1. The summed E-state index contributed by atoms with van der Waals surface area (Å²) in [5.74, 6) is 0.0239. The molecule has 0 aliphatic rings. The number of aromatic nitrogens is 3. The minimum absolute atomic E-state index is 0.267. The van der Waals surface area contributed by atoms with Crippen molar-refractivity contribution in [3.63, 3.8) is 0 Å². The molecule has 0 bridgehead atoms. The largest absolute Gasteiger partial charge is 0.463 e. The lowest BCUT2D eigenvalue weighted by Crippen LogP contribution is -2.37. The van der Waals surface area contributed by atoms with Gasteiger partial charge >= 0.3 is 6.18 Å². The summed E-state index contributed by atoms with van der Waals surface area (Å²) in [4.78, 5) is 17.3. The number of rotatable bonds is 6. The molecule has 3 aromatic rings. The maximum atomic E-state index is 12.8. The molecule has 150 valence electrons. The van der Waals surface area contributed by atoms with E-state index in [0.29, 0.717) is 33.7 Å². The Hall–Kier alpha value is -2.88. The van der Waals surface area contributed by atoms with E-state index in [-0.39, 0.29) is 6.61 Å². The fraction of sp³-hybridized carbons (Fsp3) is 0.389. The van der Waals surface area contributed by atoms with Gasteiger partial charge in [0.25, 0.3) is 5.91 Å². The average molecular weight is 396 g/mol. The second kappa shape index (κ2) is 7.63. The van der Waals surface area contributed by atoms with Gasteiger partial charge in [0.2, 0.25) is 0 Å². The van der Waals surface area contributed by atoms with Gasteiger partial charge in [0.15, 0.2) is 11.4 Å².